The molecule has 8 rings (SSSR count). The number of nitrogens with zero attached hydrogens (tertiary/aromatic N) is 3. The lowest BCUT2D eigenvalue weighted by Gasteiger charge is -2.33. The summed E-state index contributed by atoms with van der Waals surface area (Å²) in [5.74, 6) is 2.95. The lowest BCUT2D eigenvalue weighted by molar-refractivity contribution is 0.257. The zero-order valence-corrected chi connectivity index (χ0v) is 30.9. The molecule has 11 nitrogen and oxygen atoms in total. The van der Waals surface area contributed by atoms with E-state index in [1.54, 1.807) is 72.8 Å². The van der Waals surface area contributed by atoms with Gasteiger partial charge in [0.1, 0.15) is 41.5 Å². The van der Waals surface area contributed by atoms with Gasteiger partial charge in [-0.15, -0.1) is 0 Å². The van der Waals surface area contributed by atoms with Crippen molar-refractivity contribution in [2.45, 2.75) is 6.10 Å². The molecule has 0 radical (unpaired) electrons. The standard InChI is InChI=1S/C39H34N3O8P3/c1-6-18-32(19-7-1)45-51(46-33-20-8-2-9-21-33)40-52(47-34-22-10-3-11-23-34,48-35-24-12-4-13-25-35)42-53(41-51,49-36-26-14-5-15-27-36)50-39-29-17-16-28-38(39)44-31-37-30-43-37/h1-29,37H,30-31H2. The first-order chi connectivity index (χ1) is 26.1. The predicted octanol–water partition coefficient (Wildman–Crippen LogP) is 12.1. The molecule has 0 aliphatic carbocycles. The molecule has 1 fully saturated rings. The third-order valence-electron chi connectivity index (χ3n) is 7.41. The normalized spacial score (nSPS) is 19.1. The monoisotopic (exact) mass is 765 g/mol. The third kappa shape index (κ3) is 8.97. The van der Waals surface area contributed by atoms with Crippen LogP contribution in [-0.2, 0) is 4.74 Å². The van der Waals surface area contributed by atoms with Crippen molar-refractivity contribution in [3.05, 3.63) is 176 Å². The molecule has 2 heterocycles. The molecule has 2 aliphatic heterocycles. The first-order valence-electron chi connectivity index (χ1n) is 16.7. The van der Waals surface area contributed by atoms with Gasteiger partial charge < -0.3 is 36.6 Å². The van der Waals surface area contributed by atoms with Gasteiger partial charge in [-0.25, -0.2) is 0 Å². The highest BCUT2D eigenvalue weighted by Gasteiger charge is 2.49. The second kappa shape index (κ2) is 15.7. The van der Waals surface area contributed by atoms with Crippen molar-refractivity contribution in [1.29, 1.82) is 0 Å². The summed E-state index contributed by atoms with van der Waals surface area (Å²) < 4.78 is 68.3. The number of hydrogen-bond acceptors (Lipinski definition) is 11. The summed E-state index contributed by atoms with van der Waals surface area (Å²) in [6.45, 7) is 0.968. The van der Waals surface area contributed by atoms with Crippen LogP contribution in [-0.4, -0.2) is 19.3 Å². The summed E-state index contributed by atoms with van der Waals surface area (Å²) in [5, 5.41) is 0. The van der Waals surface area contributed by atoms with Crippen molar-refractivity contribution in [3.8, 4) is 40.2 Å². The minimum atomic E-state index is -4.04. The van der Waals surface area contributed by atoms with E-state index in [2.05, 4.69) is 0 Å². The minimum Gasteiger partial charge on any atom is -0.487 e. The molecule has 268 valence electrons. The van der Waals surface area contributed by atoms with E-state index in [0.717, 1.165) is 0 Å². The lowest BCUT2D eigenvalue weighted by atomic mass is 10.3. The van der Waals surface area contributed by atoms with Gasteiger partial charge in [-0.1, -0.05) is 117 Å². The molecular weight excluding hydrogens is 731 g/mol. The van der Waals surface area contributed by atoms with Gasteiger partial charge in [0.05, 0.1) is 6.61 Å². The number of para-hydroxylation sites is 7. The van der Waals surface area contributed by atoms with E-state index in [1.807, 2.05) is 103 Å². The molecule has 0 saturated carbocycles. The Bertz CT molecular complexity index is 2120. The summed E-state index contributed by atoms with van der Waals surface area (Å²) in [7, 11) is -12.0. The van der Waals surface area contributed by atoms with Crippen molar-refractivity contribution in [2.24, 2.45) is 13.5 Å². The van der Waals surface area contributed by atoms with E-state index in [9.17, 15) is 0 Å². The Morgan fingerprint density at radius 2 is 0.679 bits per heavy atom. The maximum absolute atomic E-state index is 6.96. The van der Waals surface area contributed by atoms with Crippen LogP contribution in [0, 0.1) is 0 Å². The van der Waals surface area contributed by atoms with Gasteiger partial charge >= 0.3 is 23.0 Å². The van der Waals surface area contributed by atoms with E-state index >= 15 is 0 Å². The third-order valence-corrected chi connectivity index (χ3v) is 15.5. The van der Waals surface area contributed by atoms with Crippen LogP contribution in [0.15, 0.2) is 189 Å². The van der Waals surface area contributed by atoms with Gasteiger partial charge in [0.2, 0.25) is 0 Å². The highest BCUT2D eigenvalue weighted by Crippen LogP contribution is 2.78. The van der Waals surface area contributed by atoms with Gasteiger partial charge in [-0.2, -0.15) is 0 Å². The predicted molar refractivity (Wildman–Crippen MR) is 206 cm³/mol. The largest absolute Gasteiger partial charge is 0.487 e. The smallest absolute Gasteiger partial charge is 0.461 e. The average molecular weight is 766 g/mol. The molecule has 1 saturated heterocycles. The molecule has 2 unspecified atom stereocenters. The van der Waals surface area contributed by atoms with E-state index in [0.29, 0.717) is 53.5 Å². The molecule has 2 atom stereocenters. The Morgan fingerprint density at radius 3 is 1.00 bits per heavy atom. The Morgan fingerprint density at radius 1 is 0.396 bits per heavy atom. The van der Waals surface area contributed by atoms with Crippen LogP contribution in [0.2, 0.25) is 0 Å². The molecule has 2 aliphatic rings. The molecular formula is C39H34N3O8P3. The number of hydrogen-bond donors (Lipinski definition) is 0. The molecule has 0 aromatic heterocycles. The number of benzene rings is 6. The number of rotatable bonds is 15. The van der Waals surface area contributed by atoms with E-state index < -0.39 is 23.0 Å². The zero-order valence-electron chi connectivity index (χ0n) is 28.2. The summed E-state index contributed by atoms with van der Waals surface area (Å²) in [6, 6.07) is 53.1. The molecule has 0 bridgehead atoms. The fraction of sp³-hybridized carbons (Fsp3) is 0.0769. The van der Waals surface area contributed by atoms with Gasteiger partial charge in [0, 0.05) is 0 Å². The maximum Gasteiger partial charge on any atom is 0.461 e. The Labute approximate surface area is 307 Å². The van der Waals surface area contributed by atoms with Crippen molar-refractivity contribution >= 4 is 23.0 Å². The van der Waals surface area contributed by atoms with E-state index in [4.69, 9.17) is 50.2 Å². The van der Waals surface area contributed by atoms with Crippen molar-refractivity contribution in [1.82, 2.24) is 0 Å². The fourth-order valence-electron chi connectivity index (χ4n) is 4.97. The van der Waals surface area contributed by atoms with Crippen LogP contribution in [0.25, 0.3) is 0 Å². The van der Waals surface area contributed by atoms with E-state index in [1.165, 1.54) is 0 Å². The van der Waals surface area contributed by atoms with Crippen LogP contribution >= 0.6 is 23.0 Å². The van der Waals surface area contributed by atoms with Crippen molar-refractivity contribution in [2.75, 3.05) is 13.2 Å². The van der Waals surface area contributed by atoms with Crippen LogP contribution in [0.5, 0.6) is 40.2 Å². The average Bonchev–Trinajstić information content (AvgIpc) is 4.01. The Kier molecular flexibility index (Phi) is 10.2. The van der Waals surface area contributed by atoms with Gasteiger partial charge in [0.25, 0.3) is 0 Å². The molecule has 14 heteroatoms. The molecule has 0 spiro atoms. The topological polar surface area (TPSA) is 114 Å². The van der Waals surface area contributed by atoms with Gasteiger partial charge in [-0.05, 0) is 72.8 Å². The first-order valence-corrected chi connectivity index (χ1v) is 21.3. The quantitative estimate of drug-likeness (QED) is 0.0750. The summed E-state index contributed by atoms with van der Waals surface area (Å²) in [6.07, 6.45) is 0.00415. The first kappa shape index (κ1) is 34.6. The second-order valence-corrected chi connectivity index (χ2v) is 17.8. The van der Waals surface area contributed by atoms with Gasteiger partial charge in [-0.3, -0.25) is 0 Å². The summed E-state index contributed by atoms with van der Waals surface area (Å²) >= 11 is 0. The molecule has 53 heavy (non-hydrogen) atoms. The summed E-state index contributed by atoms with van der Waals surface area (Å²) in [5.41, 5.74) is 0. The van der Waals surface area contributed by atoms with Gasteiger partial charge in [0.15, 0.2) is 11.5 Å². The second-order valence-electron chi connectivity index (χ2n) is 11.6. The number of ether oxygens (including phenoxy) is 2. The molecule has 0 amide bonds. The minimum absolute atomic E-state index is 0.00415. The maximum atomic E-state index is 6.96. The Balaban J connectivity index is 1.42. The van der Waals surface area contributed by atoms with Crippen LogP contribution in [0.1, 0.15) is 0 Å². The van der Waals surface area contributed by atoms with E-state index in [-0.39, 0.29) is 6.10 Å². The molecule has 6 aromatic rings. The number of epoxide rings is 1. The Hall–Kier alpha value is -5.43. The zero-order chi connectivity index (χ0) is 35.8. The molecule has 6 aromatic carbocycles. The SMILES string of the molecule is c1ccc(OP2(Oc3ccccc3)=NP(Oc3ccccc3)(Oc3ccccc3)=NP(Oc3ccccc3)(Oc3ccccc3OCC3CO3)=N2)cc1. The van der Waals surface area contributed by atoms with Crippen LogP contribution in [0.3, 0.4) is 0 Å². The summed E-state index contributed by atoms with van der Waals surface area (Å²) in [4.78, 5) is 0. The van der Waals surface area contributed by atoms with Crippen LogP contribution in [0.4, 0.5) is 0 Å². The molecule has 0 N–H and O–H groups in total. The highest BCUT2D eigenvalue weighted by molar-refractivity contribution is 7.79. The highest BCUT2D eigenvalue weighted by atomic mass is 31.3. The fourth-order valence-corrected chi connectivity index (χ4v) is 14.0. The van der Waals surface area contributed by atoms with Crippen LogP contribution < -0.4 is 31.9 Å². The van der Waals surface area contributed by atoms with Crippen molar-refractivity contribution < 1.29 is 36.6 Å². The lowest BCUT2D eigenvalue weighted by Crippen LogP contribution is -2.12. The van der Waals surface area contributed by atoms with Crippen molar-refractivity contribution in [3.63, 3.8) is 0 Å².